The Bertz CT molecular complexity index is 206. The maximum Gasteiger partial charge on any atom is 0.173 e. The molecule has 0 fully saturated rings. The third kappa shape index (κ3) is 3.78. The van der Waals surface area contributed by atoms with E-state index >= 15 is 0 Å². The number of allylic oxidation sites excluding steroid dienone is 4. The number of carbonyl (C=O) groups is 1. The molecule has 2 N–H and O–H groups in total. The molecular weight excluding hydrogens is 206 g/mol. The number of hydrogen-bond acceptors (Lipinski definition) is 2. The van der Waals surface area contributed by atoms with Crippen molar-refractivity contribution in [3.63, 3.8) is 0 Å². The number of hydrogen-bond donors (Lipinski definition) is 1. The molecule has 0 aliphatic rings. The summed E-state index contributed by atoms with van der Waals surface area (Å²) in [4.78, 5) is 11.0. The largest absolute Gasteiger partial charge is 0.405 e. The standard InChI is InChI=1S/C8H10BrNO/c1-2-3-7(4-5-10)8(11)6-9/h2-5H,1,6,10H2/b5-4-,7-3+. The molecule has 0 aliphatic carbocycles. The predicted octanol–water partition coefficient (Wildman–Crippen LogP) is 1.54. The smallest absolute Gasteiger partial charge is 0.173 e. The molecule has 0 radical (unpaired) electrons. The minimum atomic E-state index is -0.00778. The average Bonchev–Trinajstić information content (AvgIpc) is 2.03. The summed E-state index contributed by atoms with van der Waals surface area (Å²) in [7, 11) is 0. The van der Waals surface area contributed by atoms with Crippen molar-refractivity contribution in [2.45, 2.75) is 0 Å². The van der Waals surface area contributed by atoms with E-state index in [1.807, 2.05) is 0 Å². The van der Waals surface area contributed by atoms with Crippen LogP contribution in [0.2, 0.25) is 0 Å². The summed E-state index contributed by atoms with van der Waals surface area (Å²) in [6, 6.07) is 0. The van der Waals surface area contributed by atoms with Crippen molar-refractivity contribution >= 4 is 21.7 Å². The second-order valence-electron chi connectivity index (χ2n) is 1.77. The van der Waals surface area contributed by atoms with E-state index in [-0.39, 0.29) is 5.78 Å². The highest BCUT2D eigenvalue weighted by molar-refractivity contribution is 9.09. The van der Waals surface area contributed by atoms with Gasteiger partial charge < -0.3 is 5.73 Å². The van der Waals surface area contributed by atoms with Gasteiger partial charge in [-0.3, -0.25) is 4.79 Å². The summed E-state index contributed by atoms with van der Waals surface area (Å²) in [6.07, 6.45) is 6.05. The van der Waals surface area contributed by atoms with E-state index in [0.29, 0.717) is 10.9 Å². The van der Waals surface area contributed by atoms with E-state index in [0.717, 1.165) is 0 Å². The summed E-state index contributed by atoms with van der Waals surface area (Å²) in [6.45, 7) is 3.48. The first-order valence-corrected chi connectivity index (χ1v) is 4.18. The Labute approximate surface area is 74.6 Å². The monoisotopic (exact) mass is 215 g/mol. The number of nitrogens with two attached hydrogens (primary N) is 1. The molecule has 0 aromatic rings. The van der Waals surface area contributed by atoms with Gasteiger partial charge in [0, 0.05) is 5.57 Å². The van der Waals surface area contributed by atoms with Gasteiger partial charge in [0.15, 0.2) is 5.78 Å². The molecule has 0 saturated carbocycles. The Kier molecular flexibility index (Phi) is 5.47. The van der Waals surface area contributed by atoms with Gasteiger partial charge in [0.2, 0.25) is 0 Å². The Morgan fingerprint density at radius 3 is 2.64 bits per heavy atom. The third-order valence-corrected chi connectivity index (χ3v) is 1.53. The van der Waals surface area contributed by atoms with Gasteiger partial charge >= 0.3 is 0 Å². The second kappa shape index (κ2) is 5.92. The highest BCUT2D eigenvalue weighted by atomic mass is 79.9. The summed E-state index contributed by atoms with van der Waals surface area (Å²) in [5.41, 5.74) is 5.68. The van der Waals surface area contributed by atoms with Gasteiger partial charge in [0.25, 0.3) is 0 Å². The van der Waals surface area contributed by atoms with Crippen LogP contribution in [0.5, 0.6) is 0 Å². The van der Waals surface area contributed by atoms with E-state index in [9.17, 15) is 4.79 Å². The SMILES string of the molecule is C=C/C=C(\C=C/N)C(=O)CBr. The summed E-state index contributed by atoms with van der Waals surface area (Å²) >= 11 is 3.06. The fourth-order valence-electron chi connectivity index (χ4n) is 0.549. The van der Waals surface area contributed by atoms with Crippen molar-refractivity contribution in [3.8, 4) is 0 Å². The fraction of sp³-hybridized carbons (Fsp3) is 0.125. The molecule has 0 atom stereocenters. The van der Waals surface area contributed by atoms with E-state index in [1.54, 1.807) is 18.2 Å². The van der Waals surface area contributed by atoms with Crippen molar-refractivity contribution in [2.24, 2.45) is 5.73 Å². The molecule has 0 saturated heterocycles. The maximum absolute atomic E-state index is 11.0. The van der Waals surface area contributed by atoms with Crippen LogP contribution in [-0.2, 0) is 4.79 Å². The van der Waals surface area contributed by atoms with Crippen LogP contribution < -0.4 is 5.73 Å². The van der Waals surface area contributed by atoms with Gasteiger partial charge in [0.1, 0.15) is 0 Å². The van der Waals surface area contributed by atoms with Crippen LogP contribution in [0.15, 0.2) is 36.6 Å². The van der Waals surface area contributed by atoms with Crippen LogP contribution in [0, 0.1) is 0 Å². The first kappa shape index (κ1) is 10.2. The van der Waals surface area contributed by atoms with Gasteiger partial charge in [-0.05, 0) is 12.3 Å². The molecule has 0 aromatic carbocycles. The summed E-state index contributed by atoms with van der Waals surface area (Å²) < 4.78 is 0. The molecule has 0 aliphatic heterocycles. The third-order valence-electron chi connectivity index (χ3n) is 1.02. The van der Waals surface area contributed by atoms with Gasteiger partial charge in [-0.15, -0.1) is 0 Å². The number of halogens is 1. The van der Waals surface area contributed by atoms with Crippen molar-refractivity contribution in [2.75, 3.05) is 5.33 Å². The number of alkyl halides is 1. The number of carbonyl (C=O) groups excluding carboxylic acids is 1. The lowest BCUT2D eigenvalue weighted by atomic mass is 10.2. The molecule has 11 heavy (non-hydrogen) atoms. The normalized spacial score (nSPS) is 11.9. The molecule has 2 nitrogen and oxygen atoms in total. The zero-order valence-corrected chi connectivity index (χ0v) is 7.67. The van der Waals surface area contributed by atoms with E-state index in [2.05, 4.69) is 22.5 Å². The van der Waals surface area contributed by atoms with Gasteiger partial charge in [0.05, 0.1) is 5.33 Å². The van der Waals surface area contributed by atoms with Crippen LogP contribution in [0.4, 0.5) is 0 Å². The Balaban J connectivity index is 4.46. The van der Waals surface area contributed by atoms with Crippen LogP contribution in [0.25, 0.3) is 0 Å². The van der Waals surface area contributed by atoms with E-state index in [4.69, 9.17) is 5.73 Å². The van der Waals surface area contributed by atoms with Crippen molar-refractivity contribution in [1.29, 1.82) is 0 Å². The molecular formula is C8H10BrNO. The van der Waals surface area contributed by atoms with Crippen LogP contribution in [0.1, 0.15) is 0 Å². The highest BCUT2D eigenvalue weighted by Crippen LogP contribution is 2.01. The lowest BCUT2D eigenvalue weighted by Gasteiger charge is -1.93. The van der Waals surface area contributed by atoms with E-state index in [1.165, 1.54) is 6.20 Å². The van der Waals surface area contributed by atoms with Crippen LogP contribution in [-0.4, -0.2) is 11.1 Å². The van der Waals surface area contributed by atoms with Gasteiger partial charge in [-0.1, -0.05) is 34.7 Å². The molecule has 0 heterocycles. The minimum Gasteiger partial charge on any atom is -0.405 e. The van der Waals surface area contributed by atoms with Crippen LogP contribution >= 0.6 is 15.9 Å². The van der Waals surface area contributed by atoms with Gasteiger partial charge in [-0.2, -0.15) is 0 Å². The van der Waals surface area contributed by atoms with Crippen LogP contribution in [0.3, 0.4) is 0 Å². The summed E-state index contributed by atoms with van der Waals surface area (Å²) in [5.74, 6) is -0.00778. The lowest BCUT2D eigenvalue weighted by molar-refractivity contribution is -0.112. The molecule has 60 valence electrons. The van der Waals surface area contributed by atoms with Crippen molar-refractivity contribution in [3.05, 3.63) is 36.6 Å². The summed E-state index contributed by atoms with van der Waals surface area (Å²) in [5, 5.41) is 0.303. The molecule has 3 heteroatoms. The number of Topliss-reactive ketones (excluding diaryl/α,β-unsaturated/α-hetero) is 1. The lowest BCUT2D eigenvalue weighted by Crippen LogP contribution is -2.01. The molecule has 0 bridgehead atoms. The first-order chi connectivity index (χ1) is 5.26. The molecule has 0 unspecified atom stereocenters. The quantitative estimate of drug-likeness (QED) is 0.440. The average molecular weight is 216 g/mol. The predicted molar refractivity (Wildman–Crippen MR) is 50.4 cm³/mol. The zero-order valence-electron chi connectivity index (χ0n) is 6.09. The molecule has 0 amide bonds. The Morgan fingerprint density at radius 1 is 1.64 bits per heavy atom. The minimum absolute atomic E-state index is 0.00778. The fourth-order valence-corrected chi connectivity index (χ4v) is 0.873. The molecule has 0 aromatic heterocycles. The number of ketones is 1. The van der Waals surface area contributed by atoms with Crippen molar-refractivity contribution < 1.29 is 4.79 Å². The second-order valence-corrected chi connectivity index (χ2v) is 2.33. The first-order valence-electron chi connectivity index (χ1n) is 3.06. The molecule has 0 spiro atoms. The Morgan fingerprint density at radius 2 is 2.27 bits per heavy atom. The maximum atomic E-state index is 11.0. The van der Waals surface area contributed by atoms with E-state index < -0.39 is 0 Å². The number of rotatable bonds is 4. The highest BCUT2D eigenvalue weighted by Gasteiger charge is 2.01. The zero-order chi connectivity index (χ0) is 8.69. The Hall–Kier alpha value is -0.830. The van der Waals surface area contributed by atoms with Crippen molar-refractivity contribution in [1.82, 2.24) is 0 Å². The topological polar surface area (TPSA) is 43.1 Å². The molecule has 0 rings (SSSR count). The van der Waals surface area contributed by atoms with Gasteiger partial charge in [-0.25, -0.2) is 0 Å².